The minimum Gasteiger partial charge on any atom is -0.353 e. The second-order valence-corrected chi connectivity index (χ2v) is 7.02. The number of benzene rings is 1. The number of rotatable bonds is 5. The number of aromatic nitrogens is 1. The fraction of sp³-hybridized carbons (Fsp3) is 0.368. The van der Waals surface area contributed by atoms with E-state index < -0.39 is 0 Å². The summed E-state index contributed by atoms with van der Waals surface area (Å²) in [7, 11) is 0. The normalized spacial score (nSPS) is 14.7. The molecule has 1 amide bonds. The molecule has 1 aromatic carbocycles. The van der Waals surface area contributed by atoms with Crippen LogP contribution >= 0.6 is 11.8 Å². The van der Waals surface area contributed by atoms with Gasteiger partial charge in [0.15, 0.2) is 0 Å². The van der Waals surface area contributed by atoms with Gasteiger partial charge in [0.05, 0.1) is 5.75 Å². The van der Waals surface area contributed by atoms with Crippen LogP contribution in [0.25, 0.3) is 0 Å². The molecule has 2 aromatic rings. The summed E-state index contributed by atoms with van der Waals surface area (Å²) in [6, 6.07) is 14.4. The molecular weight excluding hydrogens is 318 g/mol. The van der Waals surface area contributed by atoms with E-state index in [1.54, 1.807) is 11.8 Å². The van der Waals surface area contributed by atoms with Crippen molar-refractivity contribution < 1.29 is 4.79 Å². The topological polar surface area (TPSA) is 36.4 Å². The van der Waals surface area contributed by atoms with Gasteiger partial charge < -0.3 is 9.80 Å². The van der Waals surface area contributed by atoms with Crippen LogP contribution in [0.15, 0.2) is 48.7 Å². The Kier molecular flexibility index (Phi) is 5.75. The van der Waals surface area contributed by atoms with Gasteiger partial charge >= 0.3 is 0 Å². The lowest BCUT2D eigenvalue weighted by atomic mass is 10.2. The molecule has 0 aliphatic carbocycles. The van der Waals surface area contributed by atoms with Gasteiger partial charge in [-0.15, -0.1) is 11.8 Å². The van der Waals surface area contributed by atoms with Crippen molar-refractivity contribution >= 4 is 23.5 Å². The third-order valence-corrected chi connectivity index (χ3v) is 5.17. The maximum atomic E-state index is 12.4. The third-order valence-electron chi connectivity index (χ3n) is 4.18. The van der Waals surface area contributed by atoms with Crippen molar-refractivity contribution in [2.45, 2.75) is 12.7 Å². The van der Waals surface area contributed by atoms with Gasteiger partial charge in [-0.25, -0.2) is 4.98 Å². The first-order valence-electron chi connectivity index (χ1n) is 8.29. The fourth-order valence-corrected chi connectivity index (χ4v) is 3.75. The molecule has 4 nitrogen and oxygen atoms in total. The number of thioether (sulfide) groups is 1. The highest BCUT2D eigenvalue weighted by molar-refractivity contribution is 7.99. The molecule has 1 aliphatic rings. The predicted octanol–water partition coefficient (Wildman–Crippen LogP) is 2.97. The first kappa shape index (κ1) is 16.8. The number of pyridine rings is 1. The van der Waals surface area contributed by atoms with E-state index >= 15 is 0 Å². The first-order valence-corrected chi connectivity index (χ1v) is 9.45. The van der Waals surface area contributed by atoms with E-state index in [4.69, 9.17) is 0 Å². The Morgan fingerprint density at radius 1 is 1.12 bits per heavy atom. The summed E-state index contributed by atoms with van der Waals surface area (Å²) in [6.07, 6.45) is 1.81. The average molecular weight is 341 g/mol. The van der Waals surface area contributed by atoms with Gasteiger partial charge in [-0.2, -0.15) is 0 Å². The molecule has 5 heteroatoms. The van der Waals surface area contributed by atoms with Crippen molar-refractivity contribution in [3.05, 3.63) is 59.8 Å². The van der Waals surface area contributed by atoms with E-state index in [9.17, 15) is 4.79 Å². The van der Waals surface area contributed by atoms with Crippen molar-refractivity contribution in [3.63, 3.8) is 0 Å². The van der Waals surface area contributed by atoms with Gasteiger partial charge in [0.1, 0.15) is 5.82 Å². The minimum atomic E-state index is 0.244. The van der Waals surface area contributed by atoms with Crippen molar-refractivity contribution in [2.24, 2.45) is 0 Å². The Balaban J connectivity index is 1.42. The number of anilines is 1. The van der Waals surface area contributed by atoms with Crippen LogP contribution in [0.4, 0.5) is 5.82 Å². The van der Waals surface area contributed by atoms with Crippen molar-refractivity contribution in [1.29, 1.82) is 0 Å². The van der Waals surface area contributed by atoms with Crippen LogP contribution < -0.4 is 4.90 Å². The molecule has 0 N–H and O–H groups in total. The highest BCUT2D eigenvalue weighted by atomic mass is 32.2. The van der Waals surface area contributed by atoms with E-state index in [2.05, 4.69) is 41.1 Å². The van der Waals surface area contributed by atoms with Gasteiger partial charge in [0.2, 0.25) is 5.91 Å². The quantitative estimate of drug-likeness (QED) is 0.838. The molecule has 0 spiro atoms. The Hall–Kier alpha value is -2.01. The standard InChI is InChI=1S/C19H23N3OS/c1-16-5-4-6-17(13-16)14-24-15-19(23)22-11-9-21(10-12-22)18-7-2-3-8-20-18/h2-8,13H,9-12,14-15H2,1H3. The number of nitrogens with zero attached hydrogens (tertiary/aromatic N) is 3. The lowest BCUT2D eigenvalue weighted by Crippen LogP contribution is -2.49. The second kappa shape index (κ2) is 8.20. The number of hydrogen-bond donors (Lipinski definition) is 0. The molecule has 3 rings (SSSR count). The molecule has 126 valence electrons. The maximum absolute atomic E-state index is 12.4. The van der Waals surface area contributed by atoms with E-state index in [1.165, 1.54) is 11.1 Å². The van der Waals surface area contributed by atoms with E-state index in [-0.39, 0.29) is 5.91 Å². The smallest absolute Gasteiger partial charge is 0.232 e. The number of piperazine rings is 1. The van der Waals surface area contributed by atoms with Crippen LogP contribution in [0.2, 0.25) is 0 Å². The lowest BCUT2D eigenvalue weighted by molar-refractivity contribution is -0.128. The van der Waals surface area contributed by atoms with Crippen LogP contribution in [0.1, 0.15) is 11.1 Å². The monoisotopic (exact) mass is 341 g/mol. The molecule has 0 bridgehead atoms. The van der Waals surface area contributed by atoms with Crippen LogP contribution in [0.5, 0.6) is 0 Å². The molecule has 0 radical (unpaired) electrons. The third kappa shape index (κ3) is 4.51. The zero-order valence-corrected chi connectivity index (χ0v) is 14.8. The summed E-state index contributed by atoms with van der Waals surface area (Å²) in [5.41, 5.74) is 2.55. The summed E-state index contributed by atoms with van der Waals surface area (Å²) >= 11 is 1.70. The van der Waals surface area contributed by atoms with Crippen LogP contribution in [0.3, 0.4) is 0 Å². The molecule has 24 heavy (non-hydrogen) atoms. The summed E-state index contributed by atoms with van der Waals surface area (Å²) in [5, 5.41) is 0. The Morgan fingerprint density at radius 2 is 1.96 bits per heavy atom. The highest BCUT2D eigenvalue weighted by Crippen LogP contribution is 2.16. The second-order valence-electron chi connectivity index (χ2n) is 6.04. The first-order chi connectivity index (χ1) is 11.7. The number of carbonyl (C=O) groups excluding carboxylic acids is 1. The van der Waals surface area contributed by atoms with Crippen LogP contribution in [-0.2, 0) is 10.5 Å². The zero-order valence-electron chi connectivity index (χ0n) is 14.0. The summed E-state index contributed by atoms with van der Waals surface area (Å²) < 4.78 is 0. The van der Waals surface area contributed by atoms with E-state index in [1.807, 2.05) is 29.3 Å². The Labute approximate surface area is 147 Å². The van der Waals surface area contributed by atoms with E-state index in [0.29, 0.717) is 5.75 Å². The van der Waals surface area contributed by atoms with Gasteiger partial charge in [0.25, 0.3) is 0 Å². The lowest BCUT2D eigenvalue weighted by Gasteiger charge is -2.35. The minimum absolute atomic E-state index is 0.244. The largest absolute Gasteiger partial charge is 0.353 e. The molecule has 1 fully saturated rings. The SMILES string of the molecule is Cc1cccc(CSCC(=O)N2CCN(c3ccccn3)CC2)c1. The highest BCUT2D eigenvalue weighted by Gasteiger charge is 2.21. The summed E-state index contributed by atoms with van der Waals surface area (Å²) in [4.78, 5) is 21.0. The van der Waals surface area contributed by atoms with Gasteiger partial charge in [0, 0.05) is 38.1 Å². The predicted molar refractivity (Wildman–Crippen MR) is 100 cm³/mol. The average Bonchev–Trinajstić information content (AvgIpc) is 2.63. The van der Waals surface area contributed by atoms with Crippen molar-refractivity contribution in [2.75, 3.05) is 36.8 Å². The molecule has 0 saturated carbocycles. The summed E-state index contributed by atoms with van der Waals surface area (Å²) in [5.74, 6) is 2.69. The summed E-state index contributed by atoms with van der Waals surface area (Å²) in [6.45, 7) is 5.36. The Bertz CT molecular complexity index is 669. The van der Waals surface area contributed by atoms with Crippen LogP contribution in [-0.4, -0.2) is 47.7 Å². The number of carbonyl (C=O) groups is 1. The zero-order chi connectivity index (χ0) is 16.8. The molecule has 1 aromatic heterocycles. The van der Waals surface area contributed by atoms with Gasteiger partial charge in [-0.3, -0.25) is 4.79 Å². The maximum Gasteiger partial charge on any atom is 0.232 e. The molecule has 2 heterocycles. The van der Waals surface area contributed by atoms with Crippen LogP contribution in [0, 0.1) is 6.92 Å². The number of amides is 1. The van der Waals surface area contributed by atoms with Crippen molar-refractivity contribution in [1.82, 2.24) is 9.88 Å². The molecule has 0 unspecified atom stereocenters. The molecule has 1 saturated heterocycles. The van der Waals surface area contributed by atoms with Gasteiger partial charge in [-0.1, -0.05) is 35.9 Å². The fourth-order valence-electron chi connectivity index (χ4n) is 2.88. The molecular formula is C19H23N3OS. The molecule has 1 aliphatic heterocycles. The number of hydrogen-bond acceptors (Lipinski definition) is 4. The van der Waals surface area contributed by atoms with E-state index in [0.717, 1.165) is 37.7 Å². The Morgan fingerprint density at radius 3 is 2.67 bits per heavy atom. The number of aryl methyl sites for hydroxylation is 1. The van der Waals surface area contributed by atoms with Crippen molar-refractivity contribution in [3.8, 4) is 0 Å². The molecule has 0 atom stereocenters. The van der Waals surface area contributed by atoms with Gasteiger partial charge in [-0.05, 0) is 24.6 Å².